The minimum atomic E-state index is -0.440. The molecule has 0 fully saturated rings. The molecule has 1 aromatic heterocycles. The third-order valence-corrected chi connectivity index (χ3v) is 1.56. The van der Waals surface area contributed by atoms with Crippen LogP contribution >= 0.6 is 0 Å². The summed E-state index contributed by atoms with van der Waals surface area (Å²) in [5, 5.41) is 1.09. The van der Waals surface area contributed by atoms with Crippen molar-refractivity contribution in [2.24, 2.45) is 0 Å². The van der Waals surface area contributed by atoms with Crippen LogP contribution in [0.4, 0.5) is 0 Å². The summed E-state index contributed by atoms with van der Waals surface area (Å²) in [4.78, 5) is 29.6. The van der Waals surface area contributed by atoms with Gasteiger partial charge in [0, 0.05) is 20.2 Å². The van der Waals surface area contributed by atoms with E-state index in [0.29, 0.717) is 0 Å². The number of carbonyl (C=O) groups excluding carboxylic acids is 2. The molecule has 14 heavy (non-hydrogen) atoms. The molecule has 0 unspecified atom stereocenters. The van der Waals surface area contributed by atoms with Crippen molar-refractivity contribution in [3.63, 3.8) is 0 Å². The quantitative estimate of drug-likeness (QED) is 0.617. The van der Waals surface area contributed by atoms with Crippen LogP contribution in [0.5, 0.6) is 0 Å². The predicted molar refractivity (Wildman–Crippen MR) is 47.9 cm³/mol. The molecule has 2 amide bonds. The molecule has 0 aliphatic heterocycles. The van der Waals surface area contributed by atoms with Gasteiger partial charge in [-0.25, -0.2) is 9.97 Å². The molecule has 74 valence electrons. The van der Waals surface area contributed by atoms with Crippen molar-refractivity contribution in [2.75, 3.05) is 7.05 Å². The second-order valence-corrected chi connectivity index (χ2v) is 2.61. The van der Waals surface area contributed by atoms with E-state index < -0.39 is 5.91 Å². The molecule has 0 aliphatic carbocycles. The van der Waals surface area contributed by atoms with Crippen molar-refractivity contribution in [1.29, 1.82) is 0 Å². The minimum Gasteiger partial charge on any atom is -0.273 e. The van der Waals surface area contributed by atoms with Gasteiger partial charge in [-0.05, 0) is 6.07 Å². The van der Waals surface area contributed by atoms with Crippen LogP contribution in [0.1, 0.15) is 17.4 Å². The number of hydrogen-bond donors (Lipinski definition) is 1. The smallest absolute Gasteiger partial charge is 0.273 e. The zero-order valence-corrected chi connectivity index (χ0v) is 7.89. The minimum absolute atomic E-state index is 0.216. The van der Waals surface area contributed by atoms with E-state index in [-0.39, 0.29) is 11.6 Å². The van der Waals surface area contributed by atoms with Gasteiger partial charge in [-0.15, -0.1) is 0 Å². The lowest BCUT2D eigenvalue weighted by molar-refractivity contribution is -0.129. The van der Waals surface area contributed by atoms with Crippen LogP contribution in [0.15, 0.2) is 18.6 Å². The highest BCUT2D eigenvalue weighted by Gasteiger charge is 2.09. The Balaban J connectivity index is 2.64. The van der Waals surface area contributed by atoms with Gasteiger partial charge in [0.15, 0.2) is 0 Å². The Morgan fingerprint density at radius 2 is 2.21 bits per heavy atom. The van der Waals surface area contributed by atoms with Crippen LogP contribution in [0.3, 0.4) is 0 Å². The number of hydrazine groups is 1. The summed E-state index contributed by atoms with van der Waals surface area (Å²) >= 11 is 0. The van der Waals surface area contributed by atoms with E-state index in [1.54, 1.807) is 0 Å². The van der Waals surface area contributed by atoms with Gasteiger partial charge in [0.05, 0.1) is 0 Å². The van der Waals surface area contributed by atoms with Gasteiger partial charge >= 0.3 is 0 Å². The molecule has 6 heteroatoms. The maximum absolute atomic E-state index is 11.4. The van der Waals surface area contributed by atoms with Gasteiger partial charge in [0.1, 0.15) is 12.0 Å². The first-order valence-electron chi connectivity index (χ1n) is 3.92. The molecule has 0 saturated heterocycles. The van der Waals surface area contributed by atoms with Crippen molar-refractivity contribution in [3.8, 4) is 0 Å². The molecule has 1 rings (SSSR count). The number of nitrogens with one attached hydrogen (secondary N) is 1. The SMILES string of the molecule is CC(=O)N(C)NC(=O)c1ccncn1. The van der Waals surface area contributed by atoms with Gasteiger partial charge < -0.3 is 0 Å². The van der Waals surface area contributed by atoms with Crippen LogP contribution in [0.25, 0.3) is 0 Å². The molecule has 0 bridgehead atoms. The molecular weight excluding hydrogens is 184 g/mol. The zero-order chi connectivity index (χ0) is 10.6. The summed E-state index contributed by atoms with van der Waals surface area (Å²) in [6.45, 7) is 1.35. The highest BCUT2D eigenvalue weighted by Crippen LogP contribution is 1.91. The zero-order valence-electron chi connectivity index (χ0n) is 7.89. The van der Waals surface area contributed by atoms with Crippen molar-refractivity contribution in [2.45, 2.75) is 6.92 Å². The summed E-state index contributed by atoms with van der Waals surface area (Å²) in [7, 11) is 1.46. The first-order chi connectivity index (χ1) is 6.61. The Bertz CT molecular complexity index is 338. The summed E-state index contributed by atoms with van der Waals surface area (Å²) in [6, 6.07) is 1.46. The number of rotatable bonds is 1. The Kier molecular flexibility index (Phi) is 3.11. The maximum Gasteiger partial charge on any atom is 0.288 e. The van der Waals surface area contributed by atoms with Crippen molar-refractivity contribution in [3.05, 3.63) is 24.3 Å². The molecule has 1 N–H and O–H groups in total. The van der Waals surface area contributed by atoms with Crippen molar-refractivity contribution < 1.29 is 9.59 Å². The normalized spacial score (nSPS) is 9.29. The van der Waals surface area contributed by atoms with Crippen LogP contribution in [-0.2, 0) is 4.79 Å². The van der Waals surface area contributed by atoms with E-state index in [9.17, 15) is 9.59 Å². The maximum atomic E-state index is 11.4. The Hall–Kier alpha value is -1.98. The van der Waals surface area contributed by atoms with Crippen molar-refractivity contribution >= 4 is 11.8 Å². The molecule has 0 aliphatic rings. The number of hydrogen-bond acceptors (Lipinski definition) is 4. The molecule has 0 atom stereocenters. The molecule has 6 nitrogen and oxygen atoms in total. The van der Waals surface area contributed by atoms with Gasteiger partial charge in [-0.3, -0.25) is 20.0 Å². The van der Waals surface area contributed by atoms with E-state index in [0.717, 1.165) is 5.01 Å². The lowest BCUT2D eigenvalue weighted by Gasteiger charge is -2.15. The Morgan fingerprint density at radius 1 is 1.50 bits per heavy atom. The monoisotopic (exact) mass is 194 g/mol. The molecule has 0 spiro atoms. The summed E-state index contributed by atoms with van der Waals surface area (Å²) in [5.41, 5.74) is 2.57. The average molecular weight is 194 g/mol. The number of aromatic nitrogens is 2. The molecule has 1 aromatic rings. The number of amides is 2. The van der Waals surface area contributed by atoms with E-state index in [1.807, 2.05) is 0 Å². The van der Waals surface area contributed by atoms with Gasteiger partial charge in [0.2, 0.25) is 5.91 Å². The fourth-order valence-electron chi connectivity index (χ4n) is 0.713. The average Bonchev–Trinajstić information content (AvgIpc) is 2.19. The summed E-state index contributed by atoms with van der Waals surface area (Å²) in [6.07, 6.45) is 2.72. The third kappa shape index (κ3) is 2.51. The lowest BCUT2D eigenvalue weighted by Crippen LogP contribution is -2.42. The van der Waals surface area contributed by atoms with E-state index in [1.165, 1.54) is 32.6 Å². The van der Waals surface area contributed by atoms with Gasteiger partial charge in [0.25, 0.3) is 5.91 Å². The predicted octanol–water partition coefficient (Wildman–Crippen LogP) is -0.400. The molecular formula is C8H10N4O2. The Labute approximate surface area is 80.9 Å². The van der Waals surface area contributed by atoms with Gasteiger partial charge in [-0.1, -0.05) is 0 Å². The molecule has 1 heterocycles. The van der Waals surface area contributed by atoms with Crippen molar-refractivity contribution in [1.82, 2.24) is 20.4 Å². The first-order valence-corrected chi connectivity index (χ1v) is 3.92. The van der Waals surface area contributed by atoms with E-state index >= 15 is 0 Å². The lowest BCUT2D eigenvalue weighted by atomic mass is 10.4. The highest BCUT2D eigenvalue weighted by atomic mass is 16.2. The number of nitrogens with zero attached hydrogens (tertiary/aromatic N) is 3. The molecule has 0 aromatic carbocycles. The molecule has 0 saturated carbocycles. The topological polar surface area (TPSA) is 75.2 Å². The fourth-order valence-corrected chi connectivity index (χ4v) is 0.713. The van der Waals surface area contributed by atoms with Crippen LogP contribution in [-0.4, -0.2) is 33.8 Å². The van der Waals surface area contributed by atoms with E-state index in [2.05, 4.69) is 15.4 Å². The van der Waals surface area contributed by atoms with Crippen LogP contribution in [0, 0.1) is 0 Å². The standard InChI is InChI=1S/C8H10N4O2/c1-6(13)12(2)11-8(14)7-3-4-9-5-10-7/h3-5H,1-2H3,(H,11,14). The molecule has 0 radical (unpaired) electrons. The fraction of sp³-hybridized carbons (Fsp3) is 0.250. The summed E-state index contributed by atoms with van der Waals surface area (Å²) in [5.74, 6) is -0.697. The number of carbonyl (C=O) groups is 2. The van der Waals surface area contributed by atoms with E-state index in [4.69, 9.17) is 0 Å². The van der Waals surface area contributed by atoms with Gasteiger partial charge in [-0.2, -0.15) is 0 Å². The summed E-state index contributed by atoms with van der Waals surface area (Å²) < 4.78 is 0. The second-order valence-electron chi connectivity index (χ2n) is 2.61. The Morgan fingerprint density at radius 3 is 2.71 bits per heavy atom. The third-order valence-electron chi connectivity index (χ3n) is 1.56. The second kappa shape index (κ2) is 4.31. The highest BCUT2D eigenvalue weighted by molar-refractivity contribution is 5.93. The first kappa shape index (κ1) is 10.1. The van der Waals surface area contributed by atoms with Crippen LogP contribution < -0.4 is 5.43 Å². The van der Waals surface area contributed by atoms with Crippen LogP contribution in [0.2, 0.25) is 0 Å². The largest absolute Gasteiger partial charge is 0.288 e.